The molecule has 2 aromatic heterocycles. The smallest absolute Gasteiger partial charge is 0.137 e. The summed E-state index contributed by atoms with van der Waals surface area (Å²) in [4.78, 5) is 9.87. The fourth-order valence-electron chi connectivity index (χ4n) is 10.2. The third-order valence-electron chi connectivity index (χ3n) is 14.9. The molecule has 0 spiro atoms. The van der Waals surface area contributed by atoms with Crippen molar-refractivity contribution in [2.24, 2.45) is 0 Å². The highest BCUT2D eigenvalue weighted by atomic mass is 16.5. The van der Waals surface area contributed by atoms with E-state index in [1.165, 1.54) is 61.1 Å². The Morgan fingerprint density at radius 2 is 0.932 bits per heavy atom. The van der Waals surface area contributed by atoms with E-state index in [2.05, 4.69) is 276 Å². The lowest BCUT2D eigenvalue weighted by Crippen LogP contribution is -2.24. The minimum absolute atomic E-state index is 0.00889. The predicted molar refractivity (Wildman–Crippen MR) is 311 cm³/mol. The number of benzene rings is 7. The quantitative estimate of drug-likeness (QED) is 0.159. The Morgan fingerprint density at radius 3 is 1.55 bits per heavy atom. The van der Waals surface area contributed by atoms with Gasteiger partial charge in [-0.05, 0) is 132 Å². The van der Waals surface area contributed by atoms with Gasteiger partial charge >= 0.3 is 0 Å². The summed E-state index contributed by atoms with van der Waals surface area (Å²) in [5.41, 5.74) is 18.1. The van der Waals surface area contributed by atoms with Crippen LogP contribution in [0, 0.1) is 0 Å². The predicted octanol–water partition coefficient (Wildman–Crippen LogP) is 19.0. The molecular weight excluding hydrogens is 889 g/mol. The van der Waals surface area contributed by atoms with E-state index in [1.807, 2.05) is 6.20 Å². The van der Waals surface area contributed by atoms with Crippen LogP contribution in [0.3, 0.4) is 0 Å². The Balaban J connectivity index is 1.08. The standard InChI is InChI=1S/C68H74N4O/c1-64(2,3)47-31-32-69-63(40-47)72-58-24-17-16-23-56(58)57-30-28-54(42-62(57)72)73-53-22-20-21-52(41-53)70-43-71(60-26-19-18-25-59(60)70)61-37-44(45-33-48(65(4,5)6)38-49(34-45)66(7,8)9)27-29-55(61)46-35-50(67(10,11)12)39-51(36-46)68(13,14)15/h16-42H,43H2,1-15H3. The fraction of sp³-hybridized carbons (Fsp3) is 0.309. The van der Waals surface area contributed by atoms with Crippen molar-refractivity contribution >= 4 is 44.6 Å². The first-order chi connectivity index (χ1) is 34.3. The van der Waals surface area contributed by atoms with Crippen LogP contribution >= 0.6 is 0 Å². The van der Waals surface area contributed by atoms with Gasteiger partial charge < -0.3 is 14.5 Å². The summed E-state index contributed by atoms with van der Waals surface area (Å²) in [7, 11) is 0. The lowest BCUT2D eigenvalue weighted by Gasteiger charge is -2.29. The average molecular weight is 963 g/mol. The van der Waals surface area contributed by atoms with Gasteiger partial charge in [0.25, 0.3) is 0 Å². The molecule has 0 saturated heterocycles. The van der Waals surface area contributed by atoms with Gasteiger partial charge in [-0.3, -0.25) is 4.57 Å². The van der Waals surface area contributed by atoms with Crippen molar-refractivity contribution in [2.45, 2.75) is 131 Å². The van der Waals surface area contributed by atoms with Gasteiger partial charge in [0.05, 0.1) is 28.1 Å². The number of ether oxygens (including phenoxy) is 1. The van der Waals surface area contributed by atoms with Crippen molar-refractivity contribution in [1.82, 2.24) is 9.55 Å². The molecule has 0 bridgehead atoms. The van der Waals surface area contributed by atoms with Crippen molar-refractivity contribution in [3.8, 4) is 39.6 Å². The molecule has 372 valence electrons. The number of aromatic nitrogens is 2. The number of hydrogen-bond donors (Lipinski definition) is 0. The molecule has 73 heavy (non-hydrogen) atoms. The van der Waals surface area contributed by atoms with E-state index < -0.39 is 0 Å². The molecule has 5 heteroatoms. The highest BCUT2D eigenvalue weighted by molar-refractivity contribution is 6.09. The highest BCUT2D eigenvalue weighted by Crippen LogP contribution is 2.49. The SMILES string of the molecule is CC(C)(C)c1cc(-c2ccc(-c3cc(C(C)(C)C)cc(C(C)(C)C)c3)c(N3CN(c4cccc(Oc5ccc6c7ccccc7n(-c7cc(C(C)(C)C)ccn7)c6c5)c4)c4ccccc43)c2)cc(C(C)(C)C)c1. The molecule has 0 radical (unpaired) electrons. The van der Waals surface area contributed by atoms with Crippen LogP contribution in [0.1, 0.15) is 132 Å². The van der Waals surface area contributed by atoms with Crippen LogP contribution in [0.2, 0.25) is 0 Å². The van der Waals surface area contributed by atoms with Gasteiger partial charge in [0.15, 0.2) is 0 Å². The Morgan fingerprint density at radius 1 is 0.384 bits per heavy atom. The molecule has 3 heterocycles. The summed E-state index contributed by atoms with van der Waals surface area (Å²) in [5.74, 6) is 2.43. The number of pyridine rings is 1. The van der Waals surface area contributed by atoms with E-state index in [0.29, 0.717) is 6.67 Å². The monoisotopic (exact) mass is 963 g/mol. The van der Waals surface area contributed by atoms with Crippen LogP contribution in [0.25, 0.3) is 49.9 Å². The molecule has 7 aromatic carbocycles. The van der Waals surface area contributed by atoms with Gasteiger partial charge in [0.2, 0.25) is 0 Å². The molecule has 9 aromatic rings. The van der Waals surface area contributed by atoms with Gasteiger partial charge in [-0.25, -0.2) is 4.98 Å². The van der Waals surface area contributed by atoms with Crippen LogP contribution in [0.15, 0.2) is 164 Å². The summed E-state index contributed by atoms with van der Waals surface area (Å²) < 4.78 is 9.14. The van der Waals surface area contributed by atoms with E-state index in [9.17, 15) is 0 Å². The Hall–Kier alpha value is -7.11. The number of para-hydroxylation sites is 3. The van der Waals surface area contributed by atoms with E-state index >= 15 is 0 Å². The van der Waals surface area contributed by atoms with Crippen LogP contribution in [0.4, 0.5) is 22.7 Å². The minimum Gasteiger partial charge on any atom is -0.457 e. The van der Waals surface area contributed by atoms with Crippen molar-refractivity contribution < 1.29 is 4.74 Å². The van der Waals surface area contributed by atoms with Crippen LogP contribution < -0.4 is 14.5 Å². The van der Waals surface area contributed by atoms with E-state index in [-0.39, 0.29) is 27.1 Å². The molecule has 0 saturated carbocycles. The lowest BCUT2D eigenvalue weighted by molar-refractivity contribution is 0.483. The average Bonchev–Trinajstić information content (AvgIpc) is 3.88. The van der Waals surface area contributed by atoms with Gasteiger partial charge in [-0.15, -0.1) is 0 Å². The van der Waals surface area contributed by atoms with Gasteiger partial charge in [0, 0.05) is 40.4 Å². The maximum atomic E-state index is 6.86. The Kier molecular flexibility index (Phi) is 12.1. The first-order valence-electron chi connectivity index (χ1n) is 26.2. The highest BCUT2D eigenvalue weighted by Gasteiger charge is 2.32. The van der Waals surface area contributed by atoms with Gasteiger partial charge in [-0.1, -0.05) is 189 Å². The molecule has 0 N–H and O–H groups in total. The molecule has 0 atom stereocenters. The summed E-state index contributed by atoms with van der Waals surface area (Å²) in [6.07, 6.45) is 1.93. The van der Waals surface area contributed by atoms with Crippen LogP contribution in [-0.4, -0.2) is 16.2 Å². The van der Waals surface area contributed by atoms with Crippen molar-refractivity contribution in [3.63, 3.8) is 0 Å². The molecule has 5 nitrogen and oxygen atoms in total. The number of fused-ring (bicyclic) bond motifs is 4. The second-order valence-electron chi connectivity index (χ2n) is 25.6. The maximum Gasteiger partial charge on any atom is 0.137 e. The summed E-state index contributed by atoms with van der Waals surface area (Å²) >= 11 is 0. The summed E-state index contributed by atoms with van der Waals surface area (Å²) in [6, 6.07) is 58.5. The number of nitrogens with zero attached hydrogens (tertiary/aromatic N) is 4. The first kappa shape index (κ1) is 49.5. The Bertz CT molecular complexity index is 3490. The zero-order valence-corrected chi connectivity index (χ0v) is 46.0. The van der Waals surface area contributed by atoms with Crippen molar-refractivity contribution in [2.75, 3.05) is 16.5 Å². The number of hydrogen-bond acceptors (Lipinski definition) is 4. The topological polar surface area (TPSA) is 33.5 Å². The Labute approximate surface area is 435 Å². The molecule has 0 amide bonds. The zero-order chi connectivity index (χ0) is 52.0. The maximum absolute atomic E-state index is 6.86. The molecule has 1 aliphatic heterocycles. The minimum atomic E-state index is -0.0313. The molecule has 0 fully saturated rings. The second kappa shape index (κ2) is 17.8. The second-order valence-corrected chi connectivity index (χ2v) is 25.6. The summed E-state index contributed by atoms with van der Waals surface area (Å²) in [6.45, 7) is 35.2. The van der Waals surface area contributed by atoms with Crippen LogP contribution in [0.5, 0.6) is 11.5 Å². The van der Waals surface area contributed by atoms with Gasteiger partial charge in [0.1, 0.15) is 24.0 Å². The third kappa shape index (κ3) is 9.67. The largest absolute Gasteiger partial charge is 0.457 e. The van der Waals surface area contributed by atoms with E-state index in [4.69, 9.17) is 9.72 Å². The third-order valence-corrected chi connectivity index (χ3v) is 14.9. The molecule has 1 aliphatic rings. The normalized spacial score (nSPS) is 13.6. The number of rotatable bonds is 7. The number of anilines is 4. The molecule has 10 rings (SSSR count). The fourth-order valence-corrected chi connectivity index (χ4v) is 10.2. The van der Waals surface area contributed by atoms with Crippen molar-refractivity contribution in [1.29, 1.82) is 0 Å². The van der Waals surface area contributed by atoms with Crippen molar-refractivity contribution in [3.05, 3.63) is 192 Å². The summed E-state index contributed by atoms with van der Waals surface area (Å²) in [5, 5.41) is 2.35. The van der Waals surface area contributed by atoms with Crippen LogP contribution in [-0.2, 0) is 27.1 Å². The molecule has 0 aliphatic carbocycles. The van der Waals surface area contributed by atoms with Gasteiger partial charge in [-0.2, -0.15) is 0 Å². The zero-order valence-electron chi connectivity index (χ0n) is 46.0. The van der Waals surface area contributed by atoms with E-state index in [1.54, 1.807) is 0 Å². The lowest BCUT2D eigenvalue weighted by atomic mass is 9.78. The first-order valence-corrected chi connectivity index (χ1v) is 26.2. The van der Waals surface area contributed by atoms with E-state index in [0.717, 1.165) is 50.8 Å². The molecular formula is C68H74N4O. The molecule has 0 unspecified atom stereocenters.